The third-order valence-electron chi connectivity index (χ3n) is 2.69. The Labute approximate surface area is 110 Å². The van der Waals surface area contributed by atoms with Gasteiger partial charge in [-0.1, -0.05) is 0 Å². The average Bonchev–Trinajstić information content (AvgIpc) is 2.94. The molecule has 0 aromatic carbocycles. The monoisotopic (exact) mass is 264 g/mol. The Morgan fingerprint density at radius 2 is 2.33 bits per heavy atom. The quantitative estimate of drug-likeness (QED) is 0.810. The summed E-state index contributed by atoms with van der Waals surface area (Å²) < 4.78 is 0. The molecule has 2 aromatic rings. The Morgan fingerprint density at radius 1 is 1.50 bits per heavy atom. The van der Waals surface area contributed by atoms with Gasteiger partial charge in [-0.05, 0) is 32.3 Å². The van der Waals surface area contributed by atoms with Gasteiger partial charge in [0.15, 0.2) is 0 Å². The summed E-state index contributed by atoms with van der Waals surface area (Å²) in [6.07, 6.45) is 3.65. The van der Waals surface area contributed by atoms with Crippen molar-refractivity contribution in [3.05, 3.63) is 33.5 Å². The molecule has 5 nitrogen and oxygen atoms in total. The first kappa shape index (κ1) is 12.8. The van der Waals surface area contributed by atoms with Gasteiger partial charge in [-0.25, -0.2) is 4.98 Å². The minimum atomic E-state index is -0.0942. The predicted octanol–water partition coefficient (Wildman–Crippen LogP) is 1.85. The van der Waals surface area contributed by atoms with Crippen molar-refractivity contribution < 1.29 is 4.79 Å². The molecule has 0 saturated carbocycles. The zero-order chi connectivity index (χ0) is 13.0. The number of amides is 1. The first-order valence-corrected chi connectivity index (χ1v) is 6.74. The third-order valence-corrected chi connectivity index (χ3v) is 3.47. The van der Waals surface area contributed by atoms with Crippen LogP contribution in [0, 0.1) is 13.8 Å². The normalized spacial score (nSPS) is 10.6. The highest BCUT2D eigenvalue weighted by Gasteiger charge is 2.08. The van der Waals surface area contributed by atoms with Crippen molar-refractivity contribution in [1.29, 1.82) is 0 Å². The standard InChI is InChI=1S/C12H16N4OS/c1-8-10(6-14-16-8)4-3-5-13-12(17)11-7-18-9(2)15-11/h6-7H,3-5H2,1-2H3,(H,13,17)(H,14,16). The molecule has 0 fully saturated rings. The molecule has 2 aromatic heterocycles. The summed E-state index contributed by atoms with van der Waals surface area (Å²) in [5.74, 6) is -0.0942. The van der Waals surface area contributed by atoms with Crippen molar-refractivity contribution in [2.75, 3.05) is 6.54 Å². The Balaban J connectivity index is 1.73. The molecule has 0 atom stereocenters. The average molecular weight is 264 g/mol. The van der Waals surface area contributed by atoms with E-state index < -0.39 is 0 Å². The molecule has 0 unspecified atom stereocenters. The molecule has 18 heavy (non-hydrogen) atoms. The van der Waals surface area contributed by atoms with Crippen molar-refractivity contribution in [2.24, 2.45) is 0 Å². The van der Waals surface area contributed by atoms with E-state index in [0.29, 0.717) is 12.2 Å². The van der Waals surface area contributed by atoms with E-state index in [0.717, 1.165) is 23.5 Å². The summed E-state index contributed by atoms with van der Waals surface area (Å²) in [6, 6.07) is 0. The fourth-order valence-electron chi connectivity index (χ4n) is 1.67. The van der Waals surface area contributed by atoms with Gasteiger partial charge in [0, 0.05) is 17.6 Å². The Hall–Kier alpha value is -1.69. The fraction of sp³-hybridized carbons (Fsp3) is 0.417. The van der Waals surface area contributed by atoms with Gasteiger partial charge in [0.05, 0.1) is 11.2 Å². The molecule has 0 aliphatic heterocycles. The highest BCUT2D eigenvalue weighted by atomic mass is 32.1. The van der Waals surface area contributed by atoms with E-state index in [1.54, 1.807) is 5.38 Å². The van der Waals surface area contributed by atoms with Crippen LogP contribution in [-0.4, -0.2) is 27.6 Å². The third kappa shape index (κ3) is 3.16. The van der Waals surface area contributed by atoms with Gasteiger partial charge in [0.25, 0.3) is 5.91 Å². The molecular formula is C12H16N4OS. The van der Waals surface area contributed by atoms with Gasteiger partial charge in [-0.3, -0.25) is 9.89 Å². The topological polar surface area (TPSA) is 70.7 Å². The number of nitrogens with zero attached hydrogens (tertiary/aromatic N) is 2. The van der Waals surface area contributed by atoms with Gasteiger partial charge in [0.2, 0.25) is 0 Å². The largest absolute Gasteiger partial charge is 0.351 e. The SMILES string of the molecule is Cc1nc(C(=O)NCCCc2cn[nH]c2C)cs1. The number of rotatable bonds is 5. The molecule has 6 heteroatoms. The summed E-state index contributed by atoms with van der Waals surface area (Å²) in [6.45, 7) is 4.54. The predicted molar refractivity (Wildman–Crippen MR) is 70.8 cm³/mol. The van der Waals surface area contributed by atoms with E-state index in [1.165, 1.54) is 16.9 Å². The number of carbonyl (C=O) groups is 1. The van der Waals surface area contributed by atoms with Crippen LogP contribution in [0.15, 0.2) is 11.6 Å². The second-order valence-electron chi connectivity index (χ2n) is 4.13. The van der Waals surface area contributed by atoms with Crippen LogP contribution >= 0.6 is 11.3 Å². The second kappa shape index (κ2) is 5.77. The van der Waals surface area contributed by atoms with E-state index in [-0.39, 0.29) is 5.91 Å². The molecule has 96 valence electrons. The summed E-state index contributed by atoms with van der Waals surface area (Å²) in [5, 5.41) is 12.4. The van der Waals surface area contributed by atoms with E-state index >= 15 is 0 Å². The first-order valence-electron chi connectivity index (χ1n) is 5.86. The van der Waals surface area contributed by atoms with Crippen LogP contribution in [0.5, 0.6) is 0 Å². The van der Waals surface area contributed by atoms with Crippen LogP contribution in [0.2, 0.25) is 0 Å². The van der Waals surface area contributed by atoms with Gasteiger partial charge in [-0.15, -0.1) is 11.3 Å². The van der Waals surface area contributed by atoms with Crippen molar-refractivity contribution in [1.82, 2.24) is 20.5 Å². The van der Waals surface area contributed by atoms with Crippen LogP contribution in [-0.2, 0) is 6.42 Å². The first-order chi connectivity index (χ1) is 8.66. The summed E-state index contributed by atoms with van der Waals surface area (Å²) in [5.41, 5.74) is 2.81. The van der Waals surface area contributed by atoms with Crippen molar-refractivity contribution >= 4 is 17.2 Å². The molecular weight excluding hydrogens is 248 g/mol. The Bertz CT molecular complexity index is 532. The number of aryl methyl sites for hydroxylation is 3. The molecule has 2 heterocycles. The minimum Gasteiger partial charge on any atom is -0.351 e. The number of hydrogen-bond acceptors (Lipinski definition) is 4. The number of hydrogen-bond donors (Lipinski definition) is 2. The highest BCUT2D eigenvalue weighted by molar-refractivity contribution is 7.09. The summed E-state index contributed by atoms with van der Waals surface area (Å²) in [7, 11) is 0. The maximum Gasteiger partial charge on any atom is 0.270 e. The number of nitrogens with one attached hydrogen (secondary N) is 2. The van der Waals surface area contributed by atoms with E-state index in [9.17, 15) is 4.79 Å². The second-order valence-corrected chi connectivity index (χ2v) is 5.19. The molecule has 0 radical (unpaired) electrons. The van der Waals surface area contributed by atoms with Gasteiger partial charge >= 0.3 is 0 Å². The van der Waals surface area contributed by atoms with Crippen LogP contribution in [0.25, 0.3) is 0 Å². The lowest BCUT2D eigenvalue weighted by Crippen LogP contribution is -2.25. The molecule has 2 N–H and O–H groups in total. The fourth-order valence-corrected chi connectivity index (χ4v) is 2.26. The molecule has 0 aliphatic carbocycles. The number of H-pyrrole nitrogens is 1. The lowest BCUT2D eigenvalue weighted by atomic mass is 10.1. The van der Waals surface area contributed by atoms with Crippen LogP contribution in [0.4, 0.5) is 0 Å². The lowest BCUT2D eigenvalue weighted by molar-refractivity contribution is 0.0949. The molecule has 0 saturated heterocycles. The Morgan fingerprint density at radius 3 is 2.94 bits per heavy atom. The summed E-state index contributed by atoms with van der Waals surface area (Å²) in [4.78, 5) is 15.8. The number of thiazole rings is 1. The number of aromatic nitrogens is 3. The van der Waals surface area contributed by atoms with E-state index in [1.807, 2.05) is 20.0 Å². The maximum absolute atomic E-state index is 11.7. The van der Waals surface area contributed by atoms with Gasteiger partial charge in [0.1, 0.15) is 5.69 Å². The number of aromatic amines is 1. The summed E-state index contributed by atoms with van der Waals surface area (Å²) >= 11 is 1.49. The number of carbonyl (C=O) groups excluding carboxylic acids is 1. The molecule has 2 rings (SSSR count). The lowest BCUT2D eigenvalue weighted by Gasteiger charge is -2.02. The zero-order valence-electron chi connectivity index (χ0n) is 10.5. The smallest absolute Gasteiger partial charge is 0.270 e. The van der Waals surface area contributed by atoms with E-state index in [4.69, 9.17) is 0 Å². The van der Waals surface area contributed by atoms with Crippen LogP contribution < -0.4 is 5.32 Å². The molecule has 0 aliphatic rings. The van der Waals surface area contributed by atoms with Crippen molar-refractivity contribution in [2.45, 2.75) is 26.7 Å². The minimum absolute atomic E-state index is 0.0942. The molecule has 0 bridgehead atoms. The zero-order valence-corrected chi connectivity index (χ0v) is 11.3. The molecule has 1 amide bonds. The van der Waals surface area contributed by atoms with Crippen LogP contribution in [0.1, 0.15) is 33.2 Å². The highest BCUT2D eigenvalue weighted by Crippen LogP contribution is 2.08. The van der Waals surface area contributed by atoms with Crippen molar-refractivity contribution in [3.63, 3.8) is 0 Å². The van der Waals surface area contributed by atoms with Crippen LogP contribution in [0.3, 0.4) is 0 Å². The van der Waals surface area contributed by atoms with Crippen molar-refractivity contribution in [3.8, 4) is 0 Å². The van der Waals surface area contributed by atoms with E-state index in [2.05, 4.69) is 20.5 Å². The maximum atomic E-state index is 11.7. The Kier molecular flexibility index (Phi) is 4.09. The van der Waals surface area contributed by atoms with Gasteiger partial charge in [-0.2, -0.15) is 5.10 Å². The van der Waals surface area contributed by atoms with Gasteiger partial charge < -0.3 is 5.32 Å². The molecule has 0 spiro atoms.